The molecule has 1 aromatic carbocycles. The number of rotatable bonds is 4. The molecular formula is C25H27FN6O5. The summed E-state index contributed by atoms with van der Waals surface area (Å²) in [5.41, 5.74) is -2.70. The minimum absolute atomic E-state index is 0.00704. The molecule has 3 amide bonds. The Labute approximate surface area is 211 Å². The number of likely N-dealkylation sites (N-methyl/N-ethyl adjacent to an activating group) is 1. The number of hydrogen-bond acceptors (Lipinski definition) is 7. The van der Waals surface area contributed by atoms with Crippen LogP contribution in [0.4, 0.5) is 4.39 Å². The molecule has 0 spiro atoms. The van der Waals surface area contributed by atoms with Crippen molar-refractivity contribution in [3.8, 4) is 11.8 Å². The highest BCUT2D eigenvalue weighted by molar-refractivity contribution is 6.35. The molecule has 2 aliphatic heterocycles. The van der Waals surface area contributed by atoms with Crippen molar-refractivity contribution in [2.45, 2.75) is 51.2 Å². The van der Waals surface area contributed by atoms with E-state index >= 15 is 0 Å². The zero-order valence-corrected chi connectivity index (χ0v) is 20.7. The Morgan fingerprint density at radius 1 is 1.24 bits per heavy atom. The van der Waals surface area contributed by atoms with Crippen LogP contribution in [0.25, 0.3) is 0 Å². The van der Waals surface area contributed by atoms with E-state index in [2.05, 4.69) is 21.7 Å². The maximum atomic E-state index is 13.6. The van der Waals surface area contributed by atoms with Gasteiger partial charge in [0, 0.05) is 27.2 Å². The van der Waals surface area contributed by atoms with Gasteiger partial charge in [0.1, 0.15) is 11.6 Å². The Kier molecular flexibility index (Phi) is 6.50. The van der Waals surface area contributed by atoms with Gasteiger partial charge in [0.25, 0.3) is 11.5 Å². The van der Waals surface area contributed by atoms with E-state index in [4.69, 9.17) is 0 Å². The minimum atomic E-state index is -1.30. The first-order valence-electron chi connectivity index (χ1n) is 11.7. The number of hydrogen-bond donors (Lipinski definition) is 3. The Morgan fingerprint density at radius 3 is 2.51 bits per heavy atom. The molecule has 194 valence electrons. The standard InChI is InChI=1S/C25H27FN6O5/c1-14-10-15(4-5-16(14)26)11-28-19(34)17-18(33)21(36)32-13-24(12-27)6-8-25(9-7-24,23(32)29-17)30-20(35)22(37)31(2)3/h4-5,10,33H,6-9,11,13H2,1-3H3,(H,28,34)(H,30,35). The molecule has 1 aromatic heterocycles. The number of carbonyl (C=O) groups is 3. The van der Waals surface area contributed by atoms with Gasteiger partial charge in [0.2, 0.25) is 5.75 Å². The average molecular weight is 511 g/mol. The van der Waals surface area contributed by atoms with Crippen molar-refractivity contribution in [3.63, 3.8) is 0 Å². The zero-order valence-electron chi connectivity index (χ0n) is 20.7. The van der Waals surface area contributed by atoms with E-state index in [1.165, 1.54) is 26.2 Å². The van der Waals surface area contributed by atoms with E-state index in [0.717, 1.165) is 9.47 Å². The molecule has 0 unspecified atom stereocenters. The summed E-state index contributed by atoms with van der Waals surface area (Å²) >= 11 is 0. The molecule has 37 heavy (non-hydrogen) atoms. The Bertz CT molecular complexity index is 1400. The van der Waals surface area contributed by atoms with Crippen LogP contribution in [-0.2, 0) is 28.2 Å². The Balaban J connectivity index is 1.75. The molecule has 1 saturated carbocycles. The van der Waals surface area contributed by atoms with Gasteiger partial charge in [-0.25, -0.2) is 9.37 Å². The topological polar surface area (TPSA) is 157 Å². The second-order valence-electron chi connectivity index (χ2n) is 9.92. The third-order valence-corrected chi connectivity index (χ3v) is 7.18. The molecule has 0 atom stereocenters. The number of aromatic nitrogens is 2. The van der Waals surface area contributed by atoms with Crippen LogP contribution in [0, 0.1) is 29.5 Å². The van der Waals surface area contributed by atoms with Gasteiger partial charge in [-0.1, -0.05) is 12.1 Å². The van der Waals surface area contributed by atoms with Gasteiger partial charge in [-0.3, -0.25) is 23.7 Å². The van der Waals surface area contributed by atoms with Gasteiger partial charge in [-0.05, 0) is 49.8 Å². The van der Waals surface area contributed by atoms with Crippen LogP contribution in [0.15, 0.2) is 23.0 Å². The van der Waals surface area contributed by atoms with Gasteiger partial charge in [0.05, 0.1) is 17.0 Å². The van der Waals surface area contributed by atoms with Crippen LogP contribution in [0.1, 0.15) is 53.1 Å². The van der Waals surface area contributed by atoms with E-state index in [-0.39, 0.29) is 31.8 Å². The number of aryl methyl sites for hydroxylation is 1. The number of fused-ring (bicyclic) bond motifs is 2. The van der Waals surface area contributed by atoms with Crippen molar-refractivity contribution in [2.75, 3.05) is 14.1 Å². The molecule has 0 radical (unpaired) electrons. The van der Waals surface area contributed by atoms with Crippen molar-refractivity contribution < 1.29 is 23.9 Å². The fourth-order valence-electron chi connectivity index (χ4n) is 4.94. The number of nitrogens with one attached hydrogen (secondary N) is 2. The first kappa shape index (κ1) is 25.8. The first-order valence-corrected chi connectivity index (χ1v) is 11.7. The van der Waals surface area contributed by atoms with E-state index in [1.54, 1.807) is 13.0 Å². The SMILES string of the molecule is Cc1cc(CNC(=O)c2nc3n(c(=O)c2O)CC2(C#N)CCC3(NC(=O)C(=O)N(C)C)CC2)ccc1F. The molecule has 3 N–H and O–H groups in total. The lowest BCUT2D eigenvalue weighted by molar-refractivity contribution is -0.145. The zero-order chi connectivity index (χ0) is 27.1. The maximum absolute atomic E-state index is 13.6. The summed E-state index contributed by atoms with van der Waals surface area (Å²) < 4.78 is 14.7. The van der Waals surface area contributed by atoms with Crippen molar-refractivity contribution in [1.82, 2.24) is 25.1 Å². The van der Waals surface area contributed by atoms with E-state index in [9.17, 15) is 33.9 Å². The van der Waals surface area contributed by atoms with Crippen molar-refractivity contribution in [2.24, 2.45) is 5.41 Å². The summed E-state index contributed by atoms with van der Waals surface area (Å²) in [6.07, 6.45) is 1.05. The van der Waals surface area contributed by atoms with Crippen molar-refractivity contribution >= 4 is 17.7 Å². The summed E-state index contributed by atoms with van der Waals surface area (Å²) in [7, 11) is 2.85. The summed E-state index contributed by atoms with van der Waals surface area (Å²) in [4.78, 5) is 56.8. The van der Waals surface area contributed by atoms with Gasteiger partial charge in [-0.2, -0.15) is 5.26 Å². The lowest BCUT2D eigenvalue weighted by atomic mass is 9.69. The molecular weight excluding hydrogens is 483 g/mol. The number of aromatic hydroxyl groups is 1. The summed E-state index contributed by atoms with van der Waals surface area (Å²) in [5, 5.41) is 25.8. The number of benzene rings is 1. The number of nitrogens with zero attached hydrogens (tertiary/aromatic N) is 4. The molecule has 2 aromatic rings. The Morgan fingerprint density at radius 2 is 1.92 bits per heavy atom. The molecule has 11 nitrogen and oxygen atoms in total. The van der Waals surface area contributed by atoms with Crippen LogP contribution in [0.2, 0.25) is 0 Å². The van der Waals surface area contributed by atoms with Crippen LogP contribution in [-0.4, -0.2) is 51.4 Å². The number of nitriles is 1. The van der Waals surface area contributed by atoms with Crippen LogP contribution in [0.5, 0.6) is 5.75 Å². The molecule has 2 bridgehead atoms. The molecule has 3 aliphatic rings. The number of amides is 3. The van der Waals surface area contributed by atoms with Crippen LogP contribution >= 0.6 is 0 Å². The third-order valence-electron chi connectivity index (χ3n) is 7.18. The summed E-state index contributed by atoms with van der Waals surface area (Å²) in [5.74, 6) is -3.85. The molecule has 3 heterocycles. The monoisotopic (exact) mass is 510 g/mol. The van der Waals surface area contributed by atoms with E-state index < -0.39 is 51.5 Å². The number of halogens is 1. The van der Waals surface area contributed by atoms with Gasteiger partial charge in [-0.15, -0.1) is 0 Å². The van der Waals surface area contributed by atoms with Crippen molar-refractivity contribution in [3.05, 3.63) is 57.0 Å². The summed E-state index contributed by atoms with van der Waals surface area (Å²) in [6, 6.07) is 6.58. The lowest BCUT2D eigenvalue weighted by Crippen LogP contribution is -2.53. The first-order chi connectivity index (χ1) is 17.4. The predicted octanol–water partition coefficient (Wildman–Crippen LogP) is 0.824. The molecule has 5 rings (SSSR count). The lowest BCUT2D eigenvalue weighted by Gasteiger charge is -2.39. The molecule has 1 aliphatic carbocycles. The van der Waals surface area contributed by atoms with Gasteiger partial charge in [0.15, 0.2) is 5.69 Å². The molecule has 12 heteroatoms. The highest BCUT2D eigenvalue weighted by Crippen LogP contribution is 2.49. The highest BCUT2D eigenvalue weighted by atomic mass is 19.1. The number of carbonyl (C=O) groups excluding carboxylic acids is 3. The normalized spacial score (nSPS) is 21.8. The van der Waals surface area contributed by atoms with Crippen LogP contribution < -0.4 is 16.2 Å². The second kappa shape index (κ2) is 9.31. The minimum Gasteiger partial charge on any atom is -0.501 e. The third kappa shape index (κ3) is 4.52. The van der Waals surface area contributed by atoms with Crippen molar-refractivity contribution in [1.29, 1.82) is 5.26 Å². The summed E-state index contributed by atoms with van der Waals surface area (Å²) in [6.45, 7) is 1.49. The van der Waals surface area contributed by atoms with Gasteiger partial charge >= 0.3 is 11.8 Å². The van der Waals surface area contributed by atoms with E-state index in [0.29, 0.717) is 24.0 Å². The average Bonchev–Trinajstić information content (AvgIpc) is 3.09. The molecule has 0 saturated heterocycles. The largest absolute Gasteiger partial charge is 0.501 e. The highest BCUT2D eigenvalue weighted by Gasteiger charge is 2.52. The predicted molar refractivity (Wildman–Crippen MR) is 127 cm³/mol. The second-order valence-corrected chi connectivity index (χ2v) is 9.92. The smallest absolute Gasteiger partial charge is 0.311 e. The maximum Gasteiger partial charge on any atom is 0.311 e. The molecule has 1 fully saturated rings. The van der Waals surface area contributed by atoms with Crippen LogP contribution in [0.3, 0.4) is 0 Å². The Hall–Kier alpha value is -4.27. The fourth-order valence-corrected chi connectivity index (χ4v) is 4.94. The fraction of sp³-hybridized carbons (Fsp3) is 0.440. The quantitative estimate of drug-likeness (QED) is 0.514. The van der Waals surface area contributed by atoms with Gasteiger partial charge < -0.3 is 20.6 Å². The van der Waals surface area contributed by atoms with E-state index in [1.807, 2.05) is 0 Å².